The predicted octanol–water partition coefficient (Wildman–Crippen LogP) is 4.86. The van der Waals surface area contributed by atoms with Crippen LogP contribution in [0.25, 0.3) is 5.57 Å². The third-order valence-corrected chi connectivity index (χ3v) is 5.63. The smallest absolute Gasteiger partial charge is 0.282 e. The standard InChI is InChI=1S/C26H23FN2O4/c1-15-5-10-19(13-16(15)2)29-25(30)23(17-6-8-18(27)9-7-17)24(26(29)31)28-21-14-20(32-3)11-12-22(21)33-4/h5-14,28H,1-4H3. The molecule has 0 radical (unpaired) electrons. The number of hydrogen-bond acceptors (Lipinski definition) is 5. The Morgan fingerprint density at radius 1 is 0.818 bits per heavy atom. The molecule has 0 atom stereocenters. The van der Waals surface area contributed by atoms with Crippen molar-refractivity contribution in [2.24, 2.45) is 0 Å². The fourth-order valence-electron chi connectivity index (χ4n) is 3.68. The van der Waals surface area contributed by atoms with E-state index in [9.17, 15) is 14.0 Å². The van der Waals surface area contributed by atoms with Crippen LogP contribution in [-0.4, -0.2) is 26.0 Å². The number of hydrogen-bond donors (Lipinski definition) is 1. The van der Waals surface area contributed by atoms with Gasteiger partial charge in [0.2, 0.25) is 0 Å². The van der Waals surface area contributed by atoms with Gasteiger partial charge in [0.1, 0.15) is 23.0 Å². The maximum absolute atomic E-state index is 13.6. The first-order valence-corrected chi connectivity index (χ1v) is 10.3. The summed E-state index contributed by atoms with van der Waals surface area (Å²) in [6, 6.07) is 15.9. The second kappa shape index (κ2) is 8.78. The van der Waals surface area contributed by atoms with Gasteiger partial charge in [-0.25, -0.2) is 9.29 Å². The number of halogens is 1. The molecule has 3 aromatic rings. The summed E-state index contributed by atoms with van der Waals surface area (Å²) in [6.45, 7) is 3.87. The van der Waals surface area contributed by atoms with Gasteiger partial charge in [0.15, 0.2) is 0 Å². The number of imide groups is 1. The molecule has 0 saturated heterocycles. The van der Waals surface area contributed by atoms with Gasteiger partial charge < -0.3 is 14.8 Å². The summed E-state index contributed by atoms with van der Waals surface area (Å²) in [5.41, 5.74) is 3.54. The van der Waals surface area contributed by atoms with E-state index < -0.39 is 17.6 Å². The first-order valence-electron chi connectivity index (χ1n) is 10.3. The molecule has 0 unspecified atom stereocenters. The second-order valence-corrected chi connectivity index (χ2v) is 7.66. The topological polar surface area (TPSA) is 67.9 Å². The number of nitrogens with one attached hydrogen (secondary N) is 1. The molecule has 0 saturated carbocycles. The quantitative estimate of drug-likeness (QED) is 0.548. The van der Waals surface area contributed by atoms with Crippen LogP contribution in [0.15, 0.2) is 66.4 Å². The van der Waals surface area contributed by atoms with Gasteiger partial charge >= 0.3 is 0 Å². The summed E-state index contributed by atoms with van der Waals surface area (Å²) in [4.78, 5) is 28.2. The Bertz CT molecular complexity index is 1280. The minimum Gasteiger partial charge on any atom is -0.497 e. The molecule has 0 aliphatic carbocycles. The largest absolute Gasteiger partial charge is 0.497 e. The zero-order valence-corrected chi connectivity index (χ0v) is 18.7. The highest BCUT2D eigenvalue weighted by Crippen LogP contribution is 2.37. The summed E-state index contributed by atoms with van der Waals surface area (Å²) in [5, 5.41) is 3.07. The molecule has 0 bridgehead atoms. The van der Waals surface area contributed by atoms with Crippen LogP contribution in [0.5, 0.6) is 11.5 Å². The van der Waals surface area contributed by atoms with Crippen LogP contribution < -0.4 is 19.7 Å². The Balaban J connectivity index is 1.86. The molecule has 1 heterocycles. The Kier molecular flexibility index (Phi) is 5.87. The molecule has 2 amide bonds. The van der Waals surface area contributed by atoms with E-state index in [2.05, 4.69) is 5.32 Å². The van der Waals surface area contributed by atoms with Gasteiger partial charge in [-0.2, -0.15) is 0 Å². The van der Waals surface area contributed by atoms with Gasteiger partial charge in [0, 0.05) is 6.07 Å². The van der Waals surface area contributed by atoms with Crippen LogP contribution >= 0.6 is 0 Å². The number of benzene rings is 3. The fraction of sp³-hybridized carbons (Fsp3) is 0.154. The molecule has 0 spiro atoms. The number of aryl methyl sites for hydroxylation is 2. The van der Waals surface area contributed by atoms with Crippen molar-refractivity contribution in [1.82, 2.24) is 0 Å². The molecule has 3 aromatic carbocycles. The number of rotatable bonds is 6. The SMILES string of the molecule is COc1ccc(OC)c(NC2=C(c3ccc(F)cc3)C(=O)N(c3ccc(C)c(C)c3)C2=O)c1. The van der Waals surface area contributed by atoms with Crippen LogP contribution in [0, 0.1) is 19.7 Å². The van der Waals surface area contributed by atoms with Crippen LogP contribution in [0.3, 0.4) is 0 Å². The number of methoxy groups -OCH3 is 2. The molecule has 1 aliphatic heterocycles. The fourth-order valence-corrected chi connectivity index (χ4v) is 3.68. The zero-order valence-electron chi connectivity index (χ0n) is 18.7. The zero-order chi connectivity index (χ0) is 23.7. The van der Waals surface area contributed by atoms with E-state index in [1.165, 1.54) is 38.5 Å². The lowest BCUT2D eigenvalue weighted by molar-refractivity contribution is -0.120. The van der Waals surface area contributed by atoms with Crippen molar-refractivity contribution in [1.29, 1.82) is 0 Å². The Morgan fingerprint density at radius 2 is 1.55 bits per heavy atom. The average molecular weight is 446 g/mol. The molecule has 4 rings (SSSR count). The molecule has 1 aliphatic rings. The van der Waals surface area contributed by atoms with Crippen molar-refractivity contribution < 1.29 is 23.5 Å². The van der Waals surface area contributed by atoms with Crippen molar-refractivity contribution in [2.45, 2.75) is 13.8 Å². The van der Waals surface area contributed by atoms with Gasteiger partial charge in [-0.3, -0.25) is 9.59 Å². The summed E-state index contributed by atoms with van der Waals surface area (Å²) in [7, 11) is 3.03. The van der Waals surface area contributed by atoms with E-state index in [0.29, 0.717) is 28.4 Å². The normalized spacial score (nSPS) is 13.5. The lowest BCUT2D eigenvalue weighted by Crippen LogP contribution is -2.32. The molecule has 168 valence electrons. The van der Waals surface area contributed by atoms with Crippen molar-refractivity contribution >= 4 is 28.8 Å². The lowest BCUT2D eigenvalue weighted by Gasteiger charge is -2.17. The first kappa shape index (κ1) is 22.1. The molecule has 0 fully saturated rings. The summed E-state index contributed by atoms with van der Waals surface area (Å²) in [5.74, 6) is -0.450. The van der Waals surface area contributed by atoms with Crippen molar-refractivity contribution in [2.75, 3.05) is 24.4 Å². The summed E-state index contributed by atoms with van der Waals surface area (Å²) in [6.07, 6.45) is 0. The second-order valence-electron chi connectivity index (χ2n) is 7.66. The van der Waals surface area contributed by atoms with E-state index in [1.54, 1.807) is 30.3 Å². The lowest BCUT2D eigenvalue weighted by atomic mass is 10.0. The molecule has 1 N–H and O–H groups in total. The molecular formula is C26H23FN2O4. The maximum atomic E-state index is 13.6. The van der Waals surface area contributed by atoms with Gasteiger partial charge in [-0.1, -0.05) is 18.2 Å². The Labute approximate surface area is 191 Å². The number of ether oxygens (including phenoxy) is 2. The monoisotopic (exact) mass is 446 g/mol. The molecular weight excluding hydrogens is 423 g/mol. The highest BCUT2D eigenvalue weighted by atomic mass is 19.1. The van der Waals surface area contributed by atoms with E-state index in [4.69, 9.17) is 9.47 Å². The van der Waals surface area contributed by atoms with Crippen molar-refractivity contribution in [3.8, 4) is 11.5 Å². The van der Waals surface area contributed by atoms with E-state index >= 15 is 0 Å². The van der Waals surface area contributed by atoms with Gasteiger partial charge in [0.05, 0.1) is 31.2 Å². The van der Waals surface area contributed by atoms with Gasteiger partial charge in [-0.15, -0.1) is 0 Å². The van der Waals surface area contributed by atoms with Gasteiger partial charge in [0.25, 0.3) is 11.8 Å². The van der Waals surface area contributed by atoms with Crippen LogP contribution in [0.2, 0.25) is 0 Å². The third kappa shape index (κ3) is 4.05. The molecule has 33 heavy (non-hydrogen) atoms. The van der Waals surface area contributed by atoms with Crippen LogP contribution in [-0.2, 0) is 9.59 Å². The first-order chi connectivity index (χ1) is 15.8. The number of anilines is 2. The number of carbonyl (C=O) groups excluding carboxylic acids is 2. The van der Waals surface area contributed by atoms with Crippen molar-refractivity contribution in [3.05, 3.63) is 88.9 Å². The van der Waals surface area contributed by atoms with E-state index in [-0.39, 0.29) is 11.3 Å². The van der Waals surface area contributed by atoms with Gasteiger partial charge in [-0.05, 0) is 66.9 Å². The minimum absolute atomic E-state index is 0.0661. The summed E-state index contributed by atoms with van der Waals surface area (Å²) >= 11 is 0. The highest BCUT2D eigenvalue weighted by molar-refractivity contribution is 6.46. The van der Waals surface area contributed by atoms with Crippen molar-refractivity contribution in [3.63, 3.8) is 0 Å². The number of carbonyl (C=O) groups is 2. The molecule has 6 nitrogen and oxygen atoms in total. The number of amides is 2. The molecule has 0 aromatic heterocycles. The van der Waals surface area contributed by atoms with E-state index in [1.807, 2.05) is 19.9 Å². The van der Waals surface area contributed by atoms with E-state index in [0.717, 1.165) is 16.0 Å². The number of nitrogens with zero attached hydrogens (tertiary/aromatic N) is 1. The molecule has 7 heteroatoms. The third-order valence-electron chi connectivity index (χ3n) is 5.63. The average Bonchev–Trinajstić information content (AvgIpc) is 3.05. The minimum atomic E-state index is -0.521. The van der Waals surface area contributed by atoms with Crippen LogP contribution in [0.4, 0.5) is 15.8 Å². The predicted molar refractivity (Wildman–Crippen MR) is 125 cm³/mol. The van der Waals surface area contributed by atoms with Crippen LogP contribution in [0.1, 0.15) is 16.7 Å². The Morgan fingerprint density at radius 3 is 2.18 bits per heavy atom. The Hall–Kier alpha value is -4.13. The highest BCUT2D eigenvalue weighted by Gasteiger charge is 2.40. The summed E-state index contributed by atoms with van der Waals surface area (Å²) < 4.78 is 24.3. The maximum Gasteiger partial charge on any atom is 0.282 e.